The number of nitrogens with one attached hydrogen (secondary N) is 1. The molecule has 25 heavy (non-hydrogen) atoms. The van der Waals surface area contributed by atoms with Gasteiger partial charge in [0.25, 0.3) is 0 Å². The number of amides is 1. The first kappa shape index (κ1) is 18.5. The van der Waals surface area contributed by atoms with Crippen molar-refractivity contribution in [3.05, 3.63) is 48.0 Å². The molecule has 5 nitrogen and oxygen atoms in total. The summed E-state index contributed by atoms with van der Waals surface area (Å²) in [5.41, 5.74) is 0.900. The highest BCUT2D eigenvalue weighted by atomic mass is 16.5. The van der Waals surface area contributed by atoms with Gasteiger partial charge in [-0.1, -0.05) is 56.3 Å². The minimum Gasteiger partial charge on any atom is -0.446 e. The third kappa shape index (κ3) is 4.80. The van der Waals surface area contributed by atoms with Crippen molar-refractivity contribution in [1.29, 1.82) is 5.26 Å². The molecule has 0 aliphatic carbocycles. The summed E-state index contributed by atoms with van der Waals surface area (Å²) in [6.07, 6.45) is -0.672. The van der Waals surface area contributed by atoms with Crippen LogP contribution < -0.4 is 5.32 Å². The molecule has 5 heteroatoms. The number of fused-ring (bicyclic) bond motifs is 1. The normalized spacial score (nSPS) is 13.1. The average Bonchev–Trinajstić information content (AvgIpc) is 2.59. The van der Waals surface area contributed by atoms with Crippen molar-refractivity contribution in [2.24, 2.45) is 5.92 Å². The monoisotopic (exact) mass is 338 g/mol. The minimum absolute atomic E-state index is 0.144. The van der Waals surface area contributed by atoms with E-state index < -0.39 is 18.1 Å². The van der Waals surface area contributed by atoms with E-state index in [0.717, 1.165) is 16.3 Å². The van der Waals surface area contributed by atoms with Crippen molar-refractivity contribution in [3.8, 4) is 6.07 Å². The van der Waals surface area contributed by atoms with Crippen LogP contribution in [0.5, 0.6) is 0 Å². The number of esters is 1. The zero-order chi connectivity index (χ0) is 18.4. The lowest BCUT2D eigenvalue weighted by molar-refractivity contribution is -0.151. The van der Waals surface area contributed by atoms with Gasteiger partial charge in [0.15, 0.2) is 6.10 Å². The van der Waals surface area contributed by atoms with Crippen molar-refractivity contribution in [1.82, 2.24) is 5.32 Å². The summed E-state index contributed by atoms with van der Waals surface area (Å²) < 4.78 is 5.03. The molecule has 2 aromatic carbocycles. The Bertz CT molecular complexity index is 803. The molecule has 0 unspecified atom stereocenters. The van der Waals surface area contributed by atoms with E-state index in [1.807, 2.05) is 62.4 Å². The lowest BCUT2D eigenvalue weighted by Gasteiger charge is -2.21. The van der Waals surface area contributed by atoms with Crippen LogP contribution in [0.4, 0.5) is 0 Å². The van der Waals surface area contributed by atoms with Crippen molar-refractivity contribution >= 4 is 22.6 Å². The predicted molar refractivity (Wildman–Crippen MR) is 95.6 cm³/mol. The topological polar surface area (TPSA) is 79.2 Å². The lowest BCUT2D eigenvalue weighted by Crippen LogP contribution is -2.46. The summed E-state index contributed by atoms with van der Waals surface area (Å²) in [5, 5.41) is 13.6. The number of hydrogen-bond acceptors (Lipinski definition) is 4. The quantitative estimate of drug-likeness (QED) is 0.821. The highest BCUT2D eigenvalue weighted by Crippen LogP contribution is 2.19. The number of carbonyl (C=O) groups is 2. The Kier molecular flexibility index (Phi) is 6.13. The third-order valence-electron chi connectivity index (χ3n) is 3.94. The second-order valence-electron chi connectivity index (χ2n) is 6.31. The van der Waals surface area contributed by atoms with Crippen molar-refractivity contribution in [2.75, 3.05) is 0 Å². The maximum atomic E-state index is 12.4. The van der Waals surface area contributed by atoms with Crippen molar-refractivity contribution in [3.63, 3.8) is 0 Å². The molecule has 0 spiro atoms. The van der Waals surface area contributed by atoms with Crippen LogP contribution in [-0.2, 0) is 20.7 Å². The largest absolute Gasteiger partial charge is 0.446 e. The van der Waals surface area contributed by atoms with Gasteiger partial charge in [-0.2, -0.15) is 5.26 Å². The smallest absolute Gasteiger partial charge is 0.330 e. The molecule has 0 saturated heterocycles. The van der Waals surface area contributed by atoms with Gasteiger partial charge in [0, 0.05) is 0 Å². The molecule has 1 amide bonds. The van der Waals surface area contributed by atoms with E-state index in [1.165, 1.54) is 6.92 Å². The molecule has 2 atom stereocenters. The fourth-order valence-corrected chi connectivity index (χ4v) is 2.62. The summed E-state index contributed by atoms with van der Waals surface area (Å²) in [5.74, 6) is -0.984. The fraction of sp³-hybridized carbons (Fsp3) is 0.350. The first-order valence-corrected chi connectivity index (χ1v) is 8.28. The molecule has 0 saturated carbocycles. The highest BCUT2D eigenvalue weighted by Gasteiger charge is 2.27. The second-order valence-corrected chi connectivity index (χ2v) is 6.31. The molecule has 1 N–H and O–H groups in total. The van der Waals surface area contributed by atoms with Crippen molar-refractivity contribution in [2.45, 2.75) is 39.3 Å². The van der Waals surface area contributed by atoms with Crippen molar-refractivity contribution < 1.29 is 14.3 Å². The average molecular weight is 338 g/mol. The Balaban J connectivity index is 2.11. The summed E-state index contributed by atoms with van der Waals surface area (Å²) in [6, 6.07) is 14.7. The van der Waals surface area contributed by atoms with E-state index in [1.54, 1.807) is 0 Å². The number of ether oxygens (including phenoxy) is 1. The lowest BCUT2D eigenvalue weighted by atomic mass is 10.0. The number of nitriles is 1. The molecule has 0 fully saturated rings. The zero-order valence-corrected chi connectivity index (χ0v) is 14.7. The molecule has 0 aliphatic heterocycles. The summed E-state index contributed by atoms with van der Waals surface area (Å²) in [4.78, 5) is 24.6. The standard InChI is InChI=1S/C20H22N2O3/c1-13(2)19(20(24)25-14(3)12-21)22-18(23)11-16-9-6-8-15-7-4-5-10-17(15)16/h4-10,13-14,19H,11H2,1-3H3,(H,22,23)/t14-,19-/m0/s1. The highest BCUT2D eigenvalue weighted by molar-refractivity contribution is 5.91. The van der Waals surface area contributed by atoms with Gasteiger partial charge in [0.05, 0.1) is 6.42 Å². The Morgan fingerprint density at radius 3 is 2.48 bits per heavy atom. The van der Waals surface area contributed by atoms with Gasteiger partial charge in [-0.25, -0.2) is 4.79 Å². The first-order valence-electron chi connectivity index (χ1n) is 8.28. The maximum Gasteiger partial charge on any atom is 0.330 e. The van der Waals surface area contributed by atoms with Crippen LogP contribution in [0.25, 0.3) is 10.8 Å². The van der Waals surface area contributed by atoms with Crippen LogP contribution in [0.2, 0.25) is 0 Å². The van der Waals surface area contributed by atoms with E-state index in [0.29, 0.717) is 0 Å². The zero-order valence-electron chi connectivity index (χ0n) is 14.7. The van der Waals surface area contributed by atoms with Gasteiger partial charge in [0.1, 0.15) is 12.1 Å². The van der Waals surface area contributed by atoms with Crippen LogP contribution in [0.15, 0.2) is 42.5 Å². The predicted octanol–water partition coefficient (Wildman–Crippen LogP) is 2.98. The number of carbonyl (C=O) groups excluding carboxylic acids is 2. The summed E-state index contributed by atoms with van der Waals surface area (Å²) >= 11 is 0. The van der Waals surface area contributed by atoms with E-state index >= 15 is 0 Å². The minimum atomic E-state index is -0.844. The van der Waals surface area contributed by atoms with Crippen LogP contribution in [-0.4, -0.2) is 24.0 Å². The molecule has 2 aromatic rings. The van der Waals surface area contributed by atoms with E-state index in [2.05, 4.69) is 5.32 Å². The molecular formula is C20H22N2O3. The molecule has 0 radical (unpaired) electrons. The third-order valence-corrected chi connectivity index (χ3v) is 3.94. The Labute approximate surface area is 147 Å². The molecule has 0 bridgehead atoms. The summed E-state index contributed by atoms with van der Waals surface area (Å²) in [6.45, 7) is 5.13. The van der Waals surface area contributed by atoms with Crippen LogP contribution >= 0.6 is 0 Å². The number of nitrogens with zero attached hydrogens (tertiary/aromatic N) is 1. The van der Waals surface area contributed by atoms with E-state index in [-0.39, 0.29) is 18.2 Å². The molecule has 0 aromatic heterocycles. The fourth-order valence-electron chi connectivity index (χ4n) is 2.62. The van der Waals surface area contributed by atoms with Gasteiger partial charge in [-0.15, -0.1) is 0 Å². The first-order chi connectivity index (χ1) is 11.9. The van der Waals surface area contributed by atoms with Crippen LogP contribution in [0, 0.1) is 17.2 Å². The van der Waals surface area contributed by atoms with Crippen LogP contribution in [0.1, 0.15) is 26.3 Å². The van der Waals surface area contributed by atoms with Gasteiger partial charge in [-0.05, 0) is 29.2 Å². The van der Waals surface area contributed by atoms with Gasteiger partial charge in [-0.3, -0.25) is 4.79 Å². The molecule has 0 aliphatic rings. The number of benzene rings is 2. The second kappa shape index (κ2) is 8.29. The molecule has 0 heterocycles. The van der Waals surface area contributed by atoms with Gasteiger partial charge in [0.2, 0.25) is 5.91 Å². The van der Waals surface area contributed by atoms with E-state index in [9.17, 15) is 9.59 Å². The van der Waals surface area contributed by atoms with Gasteiger partial charge >= 0.3 is 5.97 Å². The Hall–Kier alpha value is -2.87. The maximum absolute atomic E-state index is 12.4. The SMILES string of the molecule is CC(C)[C@H](NC(=O)Cc1cccc2ccccc12)C(=O)O[C@@H](C)C#N. The Morgan fingerprint density at radius 1 is 1.12 bits per heavy atom. The molecular weight excluding hydrogens is 316 g/mol. The Morgan fingerprint density at radius 2 is 1.80 bits per heavy atom. The molecule has 2 rings (SSSR count). The van der Waals surface area contributed by atoms with Gasteiger partial charge < -0.3 is 10.1 Å². The number of hydrogen-bond donors (Lipinski definition) is 1. The molecule has 130 valence electrons. The summed E-state index contributed by atoms with van der Waals surface area (Å²) in [7, 11) is 0. The van der Waals surface area contributed by atoms with E-state index in [4.69, 9.17) is 10.00 Å². The number of rotatable bonds is 6. The van der Waals surface area contributed by atoms with Crippen LogP contribution in [0.3, 0.4) is 0 Å².